The van der Waals surface area contributed by atoms with Crippen molar-refractivity contribution in [3.05, 3.63) is 58.9 Å². The lowest BCUT2D eigenvalue weighted by Crippen LogP contribution is -2.51. The number of benzene rings is 2. The number of nitrogens with zero attached hydrogens (tertiary/aromatic N) is 2. The van der Waals surface area contributed by atoms with Crippen LogP contribution in [-0.4, -0.2) is 56.3 Å². The summed E-state index contributed by atoms with van der Waals surface area (Å²) in [5, 5.41) is -0.247. The fourth-order valence-electron chi connectivity index (χ4n) is 2.84. The van der Waals surface area contributed by atoms with Gasteiger partial charge in [-0.1, -0.05) is 29.3 Å². The lowest BCUT2D eigenvalue weighted by molar-refractivity contribution is -0.134. The van der Waals surface area contributed by atoms with Crippen LogP contribution in [0.2, 0.25) is 5.02 Å². The highest BCUT2D eigenvalue weighted by atomic mass is 35.5. The summed E-state index contributed by atoms with van der Waals surface area (Å²) in [6.45, 7) is 2.65. The van der Waals surface area contributed by atoms with Gasteiger partial charge in [0.25, 0.3) is 5.91 Å². The van der Waals surface area contributed by atoms with E-state index in [0.29, 0.717) is 5.75 Å². The fourth-order valence-corrected chi connectivity index (χ4v) is 4.53. The van der Waals surface area contributed by atoms with Crippen LogP contribution in [-0.2, 0) is 14.8 Å². The predicted octanol–water partition coefficient (Wildman–Crippen LogP) is 2.70. The van der Waals surface area contributed by atoms with E-state index >= 15 is 0 Å². The van der Waals surface area contributed by atoms with E-state index in [1.807, 2.05) is 19.1 Å². The zero-order valence-corrected chi connectivity index (χ0v) is 16.8. The molecule has 1 aliphatic rings. The number of hydrogen-bond donors (Lipinski definition) is 0. The van der Waals surface area contributed by atoms with Crippen LogP contribution in [0, 0.1) is 12.7 Å². The van der Waals surface area contributed by atoms with Crippen molar-refractivity contribution >= 4 is 27.5 Å². The van der Waals surface area contributed by atoms with Gasteiger partial charge < -0.3 is 9.64 Å². The number of carbonyl (C=O) groups is 1. The average Bonchev–Trinajstić information content (AvgIpc) is 2.69. The van der Waals surface area contributed by atoms with Gasteiger partial charge in [0.05, 0.1) is 9.92 Å². The Kier molecular flexibility index (Phi) is 6.22. The first-order valence-corrected chi connectivity index (χ1v) is 10.5. The highest BCUT2D eigenvalue weighted by molar-refractivity contribution is 7.89. The van der Waals surface area contributed by atoms with Gasteiger partial charge in [0.2, 0.25) is 10.0 Å². The molecular formula is C19H20ClFN2O4S. The van der Waals surface area contributed by atoms with Gasteiger partial charge in [-0.05, 0) is 37.3 Å². The molecule has 1 saturated heterocycles. The molecule has 0 radical (unpaired) electrons. The van der Waals surface area contributed by atoms with Crippen LogP contribution in [0.1, 0.15) is 5.56 Å². The van der Waals surface area contributed by atoms with E-state index in [4.69, 9.17) is 16.3 Å². The molecule has 2 aromatic rings. The van der Waals surface area contributed by atoms with Crippen LogP contribution in [0.4, 0.5) is 4.39 Å². The Bertz CT molecular complexity index is 958. The van der Waals surface area contributed by atoms with E-state index in [9.17, 15) is 17.6 Å². The van der Waals surface area contributed by atoms with Crippen molar-refractivity contribution in [2.45, 2.75) is 11.8 Å². The molecule has 9 heteroatoms. The van der Waals surface area contributed by atoms with Crippen molar-refractivity contribution in [3.63, 3.8) is 0 Å². The Balaban J connectivity index is 1.56. The standard InChI is InChI=1S/C19H20ClFN2O4S/c1-14-2-4-15(5-3-14)27-13-19(24)22-8-10-23(11-9-22)28(25,26)16-6-7-18(21)17(20)12-16/h2-7,12H,8-11,13H2,1H3. The number of ether oxygens (including phenoxy) is 1. The number of rotatable bonds is 5. The molecule has 0 saturated carbocycles. The molecule has 3 rings (SSSR count). The predicted molar refractivity (Wildman–Crippen MR) is 103 cm³/mol. The van der Waals surface area contributed by atoms with Crippen LogP contribution in [0.25, 0.3) is 0 Å². The molecular weight excluding hydrogens is 407 g/mol. The van der Waals surface area contributed by atoms with Crippen molar-refractivity contribution in [2.24, 2.45) is 0 Å². The van der Waals surface area contributed by atoms with Crippen molar-refractivity contribution < 1.29 is 22.3 Å². The molecule has 28 heavy (non-hydrogen) atoms. The van der Waals surface area contributed by atoms with E-state index in [1.165, 1.54) is 10.4 Å². The van der Waals surface area contributed by atoms with Crippen LogP contribution in [0.5, 0.6) is 5.75 Å². The quantitative estimate of drug-likeness (QED) is 0.737. The van der Waals surface area contributed by atoms with Crippen molar-refractivity contribution in [3.8, 4) is 5.75 Å². The molecule has 0 spiro atoms. The van der Waals surface area contributed by atoms with E-state index in [-0.39, 0.29) is 48.6 Å². The minimum atomic E-state index is -3.80. The molecule has 0 bridgehead atoms. The third-order valence-corrected chi connectivity index (χ3v) is 6.69. The monoisotopic (exact) mass is 426 g/mol. The first kappa shape index (κ1) is 20.6. The third kappa shape index (κ3) is 4.63. The number of hydrogen-bond acceptors (Lipinski definition) is 4. The summed E-state index contributed by atoms with van der Waals surface area (Å²) in [7, 11) is -3.80. The minimum Gasteiger partial charge on any atom is -0.484 e. The first-order valence-electron chi connectivity index (χ1n) is 8.70. The van der Waals surface area contributed by atoms with Crippen molar-refractivity contribution in [1.29, 1.82) is 0 Å². The van der Waals surface area contributed by atoms with E-state index in [0.717, 1.165) is 17.7 Å². The van der Waals surface area contributed by atoms with E-state index < -0.39 is 15.8 Å². The Morgan fingerprint density at radius 2 is 1.75 bits per heavy atom. The third-order valence-electron chi connectivity index (χ3n) is 4.50. The topological polar surface area (TPSA) is 66.9 Å². The summed E-state index contributed by atoms with van der Waals surface area (Å²) >= 11 is 5.69. The van der Waals surface area contributed by atoms with Gasteiger partial charge in [-0.2, -0.15) is 4.31 Å². The van der Waals surface area contributed by atoms with Crippen molar-refractivity contribution in [2.75, 3.05) is 32.8 Å². The summed E-state index contributed by atoms with van der Waals surface area (Å²) < 4.78 is 45.4. The number of carbonyl (C=O) groups excluding carboxylic acids is 1. The van der Waals surface area contributed by atoms with Gasteiger partial charge in [0.15, 0.2) is 6.61 Å². The van der Waals surface area contributed by atoms with Gasteiger partial charge in [-0.15, -0.1) is 0 Å². The molecule has 0 unspecified atom stereocenters. The number of halogens is 2. The van der Waals surface area contributed by atoms with E-state index in [1.54, 1.807) is 17.0 Å². The zero-order chi connectivity index (χ0) is 20.3. The summed E-state index contributed by atoms with van der Waals surface area (Å²) in [6.07, 6.45) is 0. The van der Waals surface area contributed by atoms with E-state index in [2.05, 4.69) is 0 Å². The largest absolute Gasteiger partial charge is 0.484 e. The molecule has 1 fully saturated rings. The molecule has 6 nitrogen and oxygen atoms in total. The van der Waals surface area contributed by atoms with Crippen LogP contribution in [0.15, 0.2) is 47.4 Å². The van der Waals surface area contributed by atoms with Gasteiger partial charge in [0.1, 0.15) is 11.6 Å². The normalized spacial score (nSPS) is 15.5. The molecule has 2 aromatic carbocycles. The molecule has 1 aliphatic heterocycles. The lowest BCUT2D eigenvalue weighted by atomic mass is 10.2. The van der Waals surface area contributed by atoms with Gasteiger partial charge in [0, 0.05) is 26.2 Å². The summed E-state index contributed by atoms with van der Waals surface area (Å²) in [6, 6.07) is 10.7. The second kappa shape index (κ2) is 8.46. The maximum Gasteiger partial charge on any atom is 0.260 e. The minimum absolute atomic E-state index is 0.0682. The SMILES string of the molecule is Cc1ccc(OCC(=O)N2CCN(S(=O)(=O)c3ccc(F)c(Cl)c3)CC2)cc1. The number of piperazine rings is 1. The Morgan fingerprint density at radius 1 is 1.11 bits per heavy atom. The first-order chi connectivity index (χ1) is 13.3. The smallest absolute Gasteiger partial charge is 0.260 e. The van der Waals surface area contributed by atoms with Crippen LogP contribution < -0.4 is 4.74 Å². The highest BCUT2D eigenvalue weighted by Crippen LogP contribution is 2.23. The maximum absolute atomic E-state index is 13.3. The maximum atomic E-state index is 13.3. The Hall–Kier alpha value is -2.16. The van der Waals surface area contributed by atoms with Crippen LogP contribution >= 0.6 is 11.6 Å². The number of aryl methyl sites for hydroxylation is 1. The van der Waals surface area contributed by atoms with Crippen LogP contribution in [0.3, 0.4) is 0 Å². The molecule has 0 aliphatic carbocycles. The number of amides is 1. The summed E-state index contributed by atoms with van der Waals surface area (Å²) in [5.74, 6) is -0.277. The molecule has 150 valence electrons. The lowest BCUT2D eigenvalue weighted by Gasteiger charge is -2.34. The molecule has 0 aromatic heterocycles. The molecule has 0 N–H and O–H groups in total. The number of sulfonamides is 1. The fraction of sp³-hybridized carbons (Fsp3) is 0.316. The Morgan fingerprint density at radius 3 is 2.36 bits per heavy atom. The molecule has 1 heterocycles. The summed E-state index contributed by atoms with van der Waals surface area (Å²) in [4.78, 5) is 13.8. The highest BCUT2D eigenvalue weighted by Gasteiger charge is 2.30. The van der Waals surface area contributed by atoms with Gasteiger partial charge in [-0.3, -0.25) is 4.79 Å². The Labute approximate surface area is 168 Å². The molecule has 0 atom stereocenters. The van der Waals surface area contributed by atoms with Gasteiger partial charge >= 0.3 is 0 Å². The van der Waals surface area contributed by atoms with Crippen molar-refractivity contribution in [1.82, 2.24) is 9.21 Å². The summed E-state index contributed by atoms with van der Waals surface area (Å²) in [5.41, 5.74) is 1.10. The molecule has 1 amide bonds. The average molecular weight is 427 g/mol. The second-order valence-corrected chi connectivity index (χ2v) is 8.81. The zero-order valence-electron chi connectivity index (χ0n) is 15.3. The van der Waals surface area contributed by atoms with Gasteiger partial charge in [-0.25, -0.2) is 12.8 Å². The second-order valence-electron chi connectivity index (χ2n) is 6.46.